The summed E-state index contributed by atoms with van der Waals surface area (Å²) >= 11 is 0. The third-order valence-electron chi connectivity index (χ3n) is 1.23. The predicted octanol–water partition coefficient (Wildman–Crippen LogP) is 0.932. The molecule has 0 bridgehead atoms. The van der Waals surface area contributed by atoms with E-state index < -0.39 is 0 Å². The van der Waals surface area contributed by atoms with Crippen LogP contribution >= 0.6 is 0 Å². The van der Waals surface area contributed by atoms with Crippen LogP contribution in [0.1, 0.15) is 27.2 Å². The highest BCUT2D eigenvalue weighted by atomic mass is 16.3. The van der Waals surface area contributed by atoms with Gasteiger partial charge in [-0.25, -0.2) is 0 Å². The van der Waals surface area contributed by atoms with Crippen molar-refractivity contribution in [3.63, 3.8) is 0 Å². The van der Waals surface area contributed by atoms with E-state index in [4.69, 9.17) is 0 Å². The van der Waals surface area contributed by atoms with E-state index in [1.165, 1.54) is 4.68 Å². The number of hydrogen-bond acceptors (Lipinski definition) is 2. The number of pyridine rings is 1. The highest BCUT2D eigenvalue weighted by Gasteiger charge is 1.90. The molecule has 0 radical (unpaired) electrons. The van der Waals surface area contributed by atoms with Crippen molar-refractivity contribution >= 4 is 5.90 Å². The van der Waals surface area contributed by atoms with Crippen LogP contribution in [0.25, 0.3) is 0 Å². The zero-order chi connectivity index (χ0) is 10.1. The Bertz CT molecular complexity index is 244. The van der Waals surface area contributed by atoms with E-state index in [2.05, 4.69) is 5.10 Å². The normalized spacial score (nSPS) is 10.2. The minimum absolute atomic E-state index is 0.110. The van der Waals surface area contributed by atoms with Crippen molar-refractivity contribution in [2.24, 2.45) is 5.10 Å². The Hall–Kier alpha value is -1.38. The second-order valence-electron chi connectivity index (χ2n) is 2.10. The van der Waals surface area contributed by atoms with E-state index >= 15 is 0 Å². The Kier molecular flexibility index (Phi) is 6.51. The van der Waals surface area contributed by atoms with Gasteiger partial charge in [0.1, 0.15) is 0 Å². The second kappa shape index (κ2) is 7.28. The summed E-state index contributed by atoms with van der Waals surface area (Å²) in [5, 5.41) is 14.5. The van der Waals surface area contributed by atoms with E-state index in [9.17, 15) is 5.11 Å². The number of hydrogen-bond donors (Lipinski definition) is 0. The van der Waals surface area contributed by atoms with Crippen LogP contribution in [0.5, 0.6) is 0 Å². The summed E-state index contributed by atoms with van der Waals surface area (Å²) in [7, 11) is 0. The summed E-state index contributed by atoms with van der Waals surface area (Å²) in [5.41, 5.74) is 0. The van der Waals surface area contributed by atoms with Gasteiger partial charge in [-0.3, -0.25) is 0 Å². The van der Waals surface area contributed by atoms with Gasteiger partial charge in [0.2, 0.25) is 12.4 Å². The molecular formula is C10H16N2O. The average Bonchev–Trinajstić information content (AvgIpc) is 2.22. The van der Waals surface area contributed by atoms with Crippen molar-refractivity contribution in [3.05, 3.63) is 30.6 Å². The molecule has 3 nitrogen and oxygen atoms in total. The first-order valence-electron chi connectivity index (χ1n) is 4.54. The quantitative estimate of drug-likeness (QED) is 0.379. The molecule has 1 aromatic rings. The molecule has 0 saturated heterocycles. The fraction of sp³-hybridized carbons (Fsp3) is 0.400. The topological polar surface area (TPSA) is 39.3 Å². The van der Waals surface area contributed by atoms with Crippen molar-refractivity contribution in [1.82, 2.24) is 0 Å². The molecule has 72 valence electrons. The van der Waals surface area contributed by atoms with Gasteiger partial charge in [0.25, 0.3) is 0 Å². The monoisotopic (exact) mass is 180 g/mol. The van der Waals surface area contributed by atoms with E-state index in [1.54, 1.807) is 19.3 Å². The molecule has 0 aliphatic heterocycles. The van der Waals surface area contributed by atoms with Crippen LogP contribution in [0.15, 0.2) is 35.7 Å². The van der Waals surface area contributed by atoms with E-state index in [0.717, 1.165) is 0 Å². The molecule has 0 unspecified atom stereocenters. The molecule has 0 atom stereocenters. The maximum atomic E-state index is 10.8. The third kappa shape index (κ3) is 4.95. The highest BCUT2D eigenvalue weighted by molar-refractivity contribution is 5.69. The van der Waals surface area contributed by atoms with E-state index in [1.807, 2.05) is 32.0 Å². The Morgan fingerprint density at radius 3 is 2.23 bits per heavy atom. The van der Waals surface area contributed by atoms with Gasteiger partial charge >= 0.3 is 0 Å². The van der Waals surface area contributed by atoms with E-state index in [-0.39, 0.29) is 5.90 Å². The molecule has 13 heavy (non-hydrogen) atoms. The van der Waals surface area contributed by atoms with Crippen LogP contribution in [-0.2, 0) is 0 Å². The zero-order valence-electron chi connectivity index (χ0n) is 8.40. The predicted molar refractivity (Wildman–Crippen MR) is 51.1 cm³/mol. The lowest BCUT2D eigenvalue weighted by Gasteiger charge is -1.99. The molecule has 0 amide bonds. The molecule has 1 heterocycles. The Balaban J connectivity index is 0.000000671. The van der Waals surface area contributed by atoms with Gasteiger partial charge in [0.15, 0.2) is 0 Å². The van der Waals surface area contributed by atoms with Gasteiger partial charge in [0, 0.05) is 18.0 Å². The van der Waals surface area contributed by atoms with Crippen molar-refractivity contribution in [2.45, 2.75) is 27.2 Å². The maximum absolute atomic E-state index is 10.8. The van der Waals surface area contributed by atoms with Crippen LogP contribution in [0, 0.1) is 0 Å². The van der Waals surface area contributed by atoms with Gasteiger partial charge in [-0.1, -0.05) is 31.5 Å². The molecule has 0 aromatic carbocycles. The lowest BCUT2D eigenvalue weighted by Crippen LogP contribution is -2.32. The van der Waals surface area contributed by atoms with Crippen molar-refractivity contribution in [3.8, 4) is 0 Å². The summed E-state index contributed by atoms with van der Waals surface area (Å²) in [5.74, 6) is -0.110. The minimum atomic E-state index is -0.110. The maximum Gasteiger partial charge on any atom is 0.202 e. The van der Waals surface area contributed by atoms with Crippen LogP contribution in [0.2, 0.25) is 0 Å². The molecule has 0 spiro atoms. The highest BCUT2D eigenvalue weighted by Crippen LogP contribution is 1.78. The molecular weight excluding hydrogens is 164 g/mol. The minimum Gasteiger partial charge on any atom is -0.858 e. The summed E-state index contributed by atoms with van der Waals surface area (Å²) < 4.78 is 1.51. The van der Waals surface area contributed by atoms with Crippen molar-refractivity contribution in [2.75, 3.05) is 0 Å². The number of rotatable bonds is 2. The Labute approximate surface area is 79.4 Å². The van der Waals surface area contributed by atoms with Crippen LogP contribution in [0.4, 0.5) is 0 Å². The molecule has 0 aliphatic rings. The molecule has 0 saturated carbocycles. The lowest BCUT2D eigenvalue weighted by atomic mass is 10.5. The Morgan fingerprint density at radius 2 is 1.77 bits per heavy atom. The first-order chi connectivity index (χ1) is 6.33. The van der Waals surface area contributed by atoms with Crippen LogP contribution in [-0.4, -0.2) is 5.90 Å². The van der Waals surface area contributed by atoms with Gasteiger partial charge in [-0.15, -0.1) is 0 Å². The van der Waals surface area contributed by atoms with Crippen LogP contribution in [0.3, 0.4) is 0 Å². The number of nitrogens with zero attached hydrogens (tertiary/aromatic N) is 2. The fourth-order valence-corrected chi connectivity index (χ4v) is 0.656. The second-order valence-corrected chi connectivity index (χ2v) is 2.10. The van der Waals surface area contributed by atoms with Gasteiger partial charge in [-0.2, -0.15) is 0 Å². The first kappa shape index (κ1) is 11.6. The first-order valence-corrected chi connectivity index (χ1v) is 4.54. The summed E-state index contributed by atoms with van der Waals surface area (Å²) in [6.45, 7) is 5.79. The van der Waals surface area contributed by atoms with Gasteiger partial charge < -0.3 is 5.11 Å². The average molecular weight is 180 g/mol. The van der Waals surface area contributed by atoms with Gasteiger partial charge in [-0.05, 0) is 11.5 Å². The SMILES string of the molecule is CC.CCC([O-])=N[n+]1ccccc1. The van der Waals surface area contributed by atoms with E-state index in [0.29, 0.717) is 6.42 Å². The molecule has 1 rings (SSSR count). The largest absolute Gasteiger partial charge is 0.858 e. The summed E-state index contributed by atoms with van der Waals surface area (Å²) in [6, 6.07) is 5.53. The fourth-order valence-electron chi connectivity index (χ4n) is 0.656. The van der Waals surface area contributed by atoms with Crippen LogP contribution < -0.4 is 9.78 Å². The lowest BCUT2D eigenvalue weighted by molar-refractivity contribution is -0.681. The molecule has 1 aromatic heterocycles. The zero-order valence-corrected chi connectivity index (χ0v) is 8.40. The van der Waals surface area contributed by atoms with Crippen molar-refractivity contribution < 1.29 is 9.78 Å². The summed E-state index contributed by atoms with van der Waals surface area (Å²) in [6.07, 6.45) is 3.91. The van der Waals surface area contributed by atoms with Crippen molar-refractivity contribution in [1.29, 1.82) is 0 Å². The molecule has 0 aliphatic carbocycles. The third-order valence-corrected chi connectivity index (χ3v) is 1.23. The summed E-state index contributed by atoms with van der Waals surface area (Å²) in [4.78, 5) is 0. The molecule has 3 heteroatoms. The Morgan fingerprint density at radius 1 is 1.23 bits per heavy atom. The number of aromatic nitrogens is 1. The van der Waals surface area contributed by atoms with Gasteiger partial charge in [0.05, 0.1) is 0 Å². The molecule has 0 N–H and O–H groups in total. The standard InChI is InChI=1S/C8H10N2O.C2H6/c1-2-8(11)9-10-6-4-3-5-7-10;1-2/h3-7H,2H2,1H3;1-2H3. The molecule has 0 fully saturated rings. The smallest absolute Gasteiger partial charge is 0.202 e.